The van der Waals surface area contributed by atoms with Crippen LogP contribution in [0.4, 0.5) is 114 Å². The molecule has 11 nitrogen and oxygen atoms in total. The van der Waals surface area contributed by atoms with Gasteiger partial charge in [0.05, 0.1) is 6.61 Å². The fourth-order valence-corrected chi connectivity index (χ4v) is 6.56. The van der Waals surface area contributed by atoms with Crippen LogP contribution in [0, 0.1) is 0 Å². The summed E-state index contributed by atoms with van der Waals surface area (Å²) in [4.78, 5) is 45.3. The molecule has 0 aliphatic rings. The van der Waals surface area contributed by atoms with Gasteiger partial charge < -0.3 is 25.2 Å². The van der Waals surface area contributed by atoms with Crippen molar-refractivity contribution in [2.45, 2.75) is 186 Å². The zero-order valence-electron chi connectivity index (χ0n) is 37.1. The predicted molar refractivity (Wildman–Crippen MR) is 194 cm³/mol. The second kappa shape index (κ2) is 25.9. The summed E-state index contributed by atoms with van der Waals surface area (Å²) in [6, 6.07) is -1.90. The van der Waals surface area contributed by atoms with Crippen LogP contribution < -0.4 is 5.73 Å². The minimum absolute atomic E-state index is 0.0393. The first kappa shape index (κ1) is 70.7. The molecule has 0 bridgehead atoms. The van der Waals surface area contributed by atoms with E-state index in [2.05, 4.69) is 4.52 Å². The van der Waals surface area contributed by atoms with Crippen molar-refractivity contribution in [2.24, 2.45) is 5.73 Å². The lowest BCUT2D eigenvalue weighted by molar-refractivity contribution is -0.440. The molecule has 0 amide bonds. The molecule has 0 saturated carbocycles. The lowest BCUT2D eigenvalue weighted by Crippen LogP contribution is -2.70. The number of carbonyl (C=O) groups excluding carboxylic acids is 2. The second-order valence-corrected chi connectivity index (χ2v) is 17.5. The third kappa shape index (κ3) is 17.1. The van der Waals surface area contributed by atoms with Gasteiger partial charge in [-0.2, -0.15) is 114 Å². The Balaban J connectivity index is 5.17. The average Bonchev–Trinajstić information content (AvgIpc) is 3.23. The topological polar surface area (TPSA) is 172 Å². The highest BCUT2D eigenvalue weighted by molar-refractivity contribution is 7.47. The highest BCUT2D eigenvalue weighted by Gasteiger charge is 2.92. The van der Waals surface area contributed by atoms with Crippen molar-refractivity contribution < 1.29 is 162 Å². The third-order valence-corrected chi connectivity index (χ3v) is 11.2. The molecule has 0 aliphatic heterocycles. The summed E-state index contributed by atoms with van der Waals surface area (Å²) in [7, 11) is -5.33. The standard InChI is InChI=1S/C36H44F26NO10P/c37-25(38,27(41,42)29(45,46)31(49,50)33(53,54)35(57,58)59)15-11-7-3-1-5-9-13-22(64)70-17-20(73-74(68,69)72-19-21(63)24(66)67)18-71-23(65)14-10-6-2-4-8-12-16-26(39,40)28(43,44)30(47,48)32(51,52)34(55,56)36(60,61)62/h20-21H,1-19,63H2,(H,66,67)(H,68,69). The van der Waals surface area contributed by atoms with E-state index >= 15 is 0 Å². The van der Waals surface area contributed by atoms with Crippen LogP contribution >= 0.6 is 7.82 Å². The van der Waals surface area contributed by atoms with E-state index < -0.39 is 181 Å². The summed E-state index contributed by atoms with van der Waals surface area (Å²) in [5, 5.41) is 8.80. The number of esters is 2. The van der Waals surface area contributed by atoms with Crippen LogP contribution in [-0.2, 0) is 37.5 Å². The third-order valence-electron chi connectivity index (χ3n) is 10.1. The van der Waals surface area contributed by atoms with Gasteiger partial charge >= 0.3 is 97.3 Å². The molecule has 4 N–H and O–H groups in total. The van der Waals surface area contributed by atoms with Crippen LogP contribution in [0.3, 0.4) is 0 Å². The maximum absolute atomic E-state index is 13.9. The number of carboxylic acids is 1. The van der Waals surface area contributed by atoms with E-state index in [1.807, 2.05) is 0 Å². The average molecular weight is 1180 g/mol. The molecule has 0 aliphatic carbocycles. The Bertz CT molecular complexity index is 1740. The number of halogens is 26. The molecular weight excluding hydrogens is 1130 g/mol. The molecule has 0 saturated heterocycles. The lowest BCUT2D eigenvalue weighted by Gasteiger charge is -2.39. The first-order chi connectivity index (χ1) is 32.9. The molecule has 0 fully saturated rings. The number of carboxylic acid groups (broad SMARTS) is 1. The molecule has 0 aromatic heterocycles. The molecule has 440 valence electrons. The summed E-state index contributed by atoms with van der Waals surface area (Å²) in [6.07, 6.45) is -27.5. The van der Waals surface area contributed by atoms with Gasteiger partial charge in [-0.25, -0.2) is 4.57 Å². The molecule has 0 aromatic carbocycles. The van der Waals surface area contributed by atoms with E-state index in [1.54, 1.807) is 0 Å². The molecule has 0 spiro atoms. The van der Waals surface area contributed by atoms with Gasteiger partial charge in [0.15, 0.2) is 0 Å². The van der Waals surface area contributed by atoms with Crippen LogP contribution in [-0.4, -0.2) is 131 Å². The minimum Gasteiger partial charge on any atom is -0.480 e. The molecule has 38 heteroatoms. The van der Waals surface area contributed by atoms with Crippen molar-refractivity contribution in [3.63, 3.8) is 0 Å². The summed E-state index contributed by atoms with van der Waals surface area (Å²) in [6.45, 7) is -3.26. The van der Waals surface area contributed by atoms with Crippen LogP contribution in [0.25, 0.3) is 0 Å². The monoisotopic (exact) mass is 1180 g/mol. The van der Waals surface area contributed by atoms with Gasteiger partial charge in [-0.3, -0.25) is 23.4 Å². The van der Waals surface area contributed by atoms with E-state index in [9.17, 15) is 138 Å². The van der Waals surface area contributed by atoms with E-state index in [0.29, 0.717) is 0 Å². The number of carbonyl (C=O) groups is 3. The zero-order chi connectivity index (χ0) is 58.7. The highest BCUT2D eigenvalue weighted by Crippen LogP contribution is 2.62. The van der Waals surface area contributed by atoms with Gasteiger partial charge in [-0.15, -0.1) is 0 Å². The molecular formula is C36H44F26NO10P. The normalized spacial score (nSPS) is 15.8. The van der Waals surface area contributed by atoms with Gasteiger partial charge in [0.1, 0.15) is 25.4 Å². The van der Waals surface area contributed by atoms with E-state index in [4.69, 9.17) is 24.8 Å². The van der Waals surface area contributed by atoms with E-state index in [-0.39, 0.29) is 51.4 Å². The Morgan fingerprint density at radius 1 is 0.419 bits per heavy atom. The molecule has 74 heavy (non-hydrogen) atoms. The number of hydrogen-bond acceptors (Lipinski definition) is 9. The number of phosphoric acid groups is 1. The Hall–Kier alpha value is -3.34. The van der Waals surface area contributed by atoms with Gasteiger partial charge in [-0.05, 0) is 25.7 Å². The molecule has 2 atom stereocenters. The first-order valence-electron chi connectivity index (χ1n) is 20.8. The van der Waals surface area contributed by atoms with Crippen molar-refractivity contribution in [3.8, 4) is 0 Å². The largest absolute Gasteiger partial charge is 0.480 e. The number of rotatable bonds is 36. The van der Waals surface area contributed by atoms with Crippen molar-refractivity contribution in [2.75, 3.05) is 19.8 Å². The van der Waals surface area contributed by atoms with Crippen molar-refractivity contribution in [1.29, 1.82) is 0 Å². The fourth-order valence-electron chi connectivity index (χ4n) is 5.65. The Morgan fingerprint density at radius 2 is 0.689 bits per heavy atom. The maximum atomic E-state index is 13.9. The Kier molecular flexibility index (Phi) is 24.7. The zero-order valence-corrected chi connectivity index (χ0v) is 38.0. The molecule has 0 aromatic rings. The van der Waals surface area contributed by atoms with Crippen molar-refractivity contribution in [1.82, 2.24) is 0 Å². The van der Waals surface area contributed by atoms with E-state index in [1.165, 1.54) is 0 Å². The smallest absolute Gasteiger partial charge is 0.472 e. The van der Waals surface area contributed by atoms with Gasteiger partial charge in [-0.1, -0.05) is 51.4 Å². The molecule has 0 radical (unpaired) electrons. The molecule has 0 heterocycles. The quantitative estimate of drug-likeness (QED) is 0.0236. The fraction of sp³-hybridized carbons (Fsp3) is 0.917. The van der Waals surface area contributed by atoms with Crippen molar-refractivity contribution in [3.05, 3.63) is 0 Å². The number of phosphoric ester groups is 1. The van der Waals surface area contributed by atoms with Crippen LogP contribution in [0.5, 0.6) is 0 Å². The number of aliphatic carboxylic acids is 1. The predicted octanol–water partition coefficient (Wildman–Crippen LogP) is 12.7. The first-order valence-corrected chi connectivity index (χ1v) is 22.3. The number of ether oxygens (including phenoxy) is 2. The second-order valence-electron chi connectivity index (χ2n) is 16.0. The summed E-state index contributed by atoms with van der Waals surface area (Å²) >= 11 is 0. The molecule has 2 unspecified atom stereocenters. The SMILES string of the molecule is NC(COP(=O)(O)OC(COC(=O)CCCCCCCCC(F)(F)C(F)(F)C(F)(F)C(F)(F)C(F)(F)C(F)(F)F)COC(=O)CCCCCCCCC(F)(F)C(F)(F)C(F)(F)C(F)(F)C(F)(F)C(F)(F)F)C(=O)O. The maximum Gasteiger partial charge on any atom is 0.472 e. The number of alkyl halides is 26. The summed E-state index contributed by atoms with van der Waals surface area (Å²) in [5.41, 5.74) is 5.14. The molecule has 0 rings (SSSR count). The van der Waals surface area contributed by atoms with Gasteiger partial charge in [0, 0.05) is 25.7 Å². The minimum atomic E-state index is -8.04. The summed E-state index contributed by atoms with van der Waals surface area (Å²) < 4.78 is 376. The number of nitrogens with two attached hydrogens (primary N) is 1. The Labute approximate surface area is 399 Å². The Morgan fingerprint density at radius 3 is 0.973 bits per heavy atom. The van der Waals surface area contributed by atoms with Crippen LogP contribution in [0.15, 0.2) is 0 Å². The van der Waals surface area contributed by atoms with Crippen molar-refractivity contribution >= 4 is 25.7 Å². The number of unbranched alkanes of at least 4 members (excludes halogenated alkanes) is 10. The number of hydrogen-bond donors (Lipinski definition) is 3. The highest BCUT2D eigenvalue weighted by atomic mass is 31.2. The lowest BCUT2D eigenvalue weighted by atomic mass is 9.91. The van der Waals surface area contributed by atoms with Gasteiger partial charge in [0.2, 0.25) is 0 Å². The van der Waals surface area contributed by atoms with Crippen LogP contribution in [0.2, 0.25) is 0 Å². The summed E-state index contributed by atoms with van der Waals surface area (Å²) in [5.74, 6) is -79.0. The van der Waals surface area contributed by atoms with Gasteiger partial charge in [0.25, 0.3) is 0 Å². The van der Waals surface area contributed by atoms with Crippen LogP contribution in [0.1, 0.15) is 103 Å². The van der Waals surface area contributed by atoms with E-state index in [0.717, 1.165) is 0 Å².